The van der Waals surface area contributed by atoms with E-state index in [0.29, 0.717) is 0 Å². The quantitative estimate of drug-likeness (QED) is 0.574. The highest BCUT2D eigenvalue weighted by molar-refractivity contribution is 7.90. The largest absolute Gasteiger partial charge is 0.511 e. The van der Waals surface area contributed by atoms with Crippen LogP contribution < -0.4 is 9.46 Å². The number of ether oxygens (including phenoxy) is 2. The second-order valence-corrected chi connectivity index (χ2v) is 8.38. The van der Waals surface area contributed by atoms with Crippen LogP contribution in [0.5, 0.6) is 5.75 Å². The summed E-state index contributed by atoms with van der Waals surface area (Å²) in [7, 11) is -5.54. The van der Waals surface area contributed by atoms with E-state index in [1.165, 1.54) is 4.72 Å². The number of sulfonamides is 1. The maximum atomic E-state index is 14.4. The van der Waals surface area contributed by atoms with Gasteiger partial charge in [0.2, 0.25) is 0 Å². The van der Waals surface area contributed by atoms with E-state index < -0.39 is 51.8 Å². The van der Waals surface area contributed by atoms with E-state index in [-0.39, 0.29) is 43.0 Å². The molecule has 6 nitrogen and oxygen atoms in total. The van der Waals surface area contributed by atoms with Crippen molar-refractivity contribution >= 4 is 15.8 Å². The van der Waals surface area contributed by atoms with Crippen LogP contribution >= 0.6 is 0 Å². The third-order valence-electron chi connectivity index (χ3n) is 4.84. The number of Topliss-reactive ketones (excluding diaryl/α,β-unsaturated/α-hetero) is 1. The maximum absolute atomic E-state index is 14.4. The topological polar surface area (TPSA) is 81.7 Å². The molecule has 28 heavy (non-hydrogen) atoms. The second kappa shape index (κ2) is 7.23. The van der Waals surface area contributed by atoms with E-state index in [1.807, 2.05) is 0 Å². The number of fused-ring (bicyclic) bond motifs is 3. The minimum absolute atomic E-state index is 0.0883. The van der Waals surface area contributed by atoms with Crippen LogP contribution in [-0.4, -0.2) is 45.1 Å². The van der Waals surface area contributed by atoms with Crippen molar-refractivity contribution in [2.45, 2.75) is 36.3 Å². The summed E-state index contributed by atoms with van der Waals surface area (Å²) < 4.78 is 99.6. The number of nitrogens with one attached hydrogen (secondary N) is 1. The van der Waals surface area contributed by atoms with Gasteiger partial charge in [-0.2, -0.15) is 13.2 Å². The van der Waals surface area contributed by atoms with Crippen molar-refractivity contribution in [2.75, 3.05) is 19.8 Å². The first-order valence-electron chi connectivity index (χ1n) is 8.29. The number of halogens is 5. The molecule has 2 aliphatic rings. The molecule has 3 rings (SSSR count). The van der Waals surface area contributed by atoms with Gasteiger partial charge in [-0.3, -0.25) is 4.79 Å². The zero-order valence-electron chi connectivity index (χ0n) is 14.3. The Labute approximate surface area is 157 Å². The van der Waals surface area contributed by atoms with Crippen LogP contribution in [0.4, 0.5) is 22.0 Å². The number of alkyl halides is 3. The van der Waals surface area contributed by atoms with Gasteiger partial charge in [0.05, 0.1) is 6.61 Å². The fourth-order valence-corrected chi connectivity index (χ4v) is 4.11. The van der Waals surface area contributed by atoms with Crippen LogP contribution in [0.15, 0.2) is 12.1 Å². The van der Waals surface area contributed by atoms with Gasteiger partial charge in [0.25, 0.3) is 0 Å². The summed E-state index contributed by atoms with van der Waals surface area (Å²) >= 11 is 0. The standard InChI is InChI=1S/C16H16F5NO5S/c17-11-3-4-12(18)14-13(11)10-2-1-9(23)7-15(10,8-26-14)27-6-5-22-28(24,25)16(19,20)21/h3-4,10,22H,1-2,5-8H2/t10?,15-/m0/s1. The average Bonchev–Trinajstić information content (AvgIpc) is 2.60. The molecule has 1 aliphatic carbocycles. The summed E-state index contributed by atoms with van der Waals surface area (Å²) in [5.74, 6) is -2.79. The Kier molecular flexibility index (Phi) is 5.40. The molecule has 1 aliphatic heterocycles. The van der Waals surface area contributed by atoms with Crippen molar-refractivity contribution in [1.29, 1.82) is 0 Å². The second-order valence-electron chi connectivity index (χ2n) is 6.62. The lowest BCUT2D eigenvalue weighted by molar-refractivity contribution is -0.146. The first kappa shape index (κ1) is 20.9. The Morgan fingerprint density at radius 1 is 1.25 bits per heavy atom. The number of carbonyl (C=O) groups is 1. The summed E-state index contributed by atoms with van der Waals surface area (Å²) in [6.07, 6.45) is 0.0365. The average molecular weight is 429 g/mol. The SMILES string of the molecule is O=C1CCC2c3c(F)ccc(F)c3OC[C@@]2(OCCNS(=O)(=O)C(F)(F)F)C1. The lowest BCUT2D eigenvalue weighted by atomic mass is 9.70. The van der Waals surface area contributed by atoms with Crippen molar-refractivity contribution in [2.24, 2.45) is 0 Å². The van der Waals surface area contributed by atoms with Gasteiger partial charge in [0, 0.05) is 30.9 Å². The van der Waals surface area contributed by atoms with Gasteiger partial charge in [-0.1, -0.05) is 0 Å². The van der Waals surface area contributed by atoms with Crippen molar-refractivity contribution in [3.63, 3.8) is 0 Å². The number of carbonyl (C=O) groups excluding carboxylic acids is 1. The van der Waals surface area contributed by atoms with Gasteiger partial charge in [0.1, 0.15) is 23.8 Å². The lowest BCUT2D eigenvalue weighted by Crippen LogP contribution is -2.53. The third kappa shape index (κ3) is 3.72. The van der Waals surface area contributed by atoms with Crippen LogP contribution in [0.3, 0.4) is 0 Å². The van der Waals surface area contributed by atoms with Gasteiger partial charge in [-0.15, -0.1) is 0 Å². The molecule has 1 fully saturated rings. The van der Waals surface area contributed by atoms with Crippen LogP contribution in [-0.2, 0) is 19.6 Å². The van der Waals surface area contributed by atoms with Gasteiger partial charge in [-0.05, 0) is 18.6 Å². The number of benzene rings is 1. The van der Waals surface area contributed by atoms with Crippen LogP contribution in [0, 0.1) is 11.6 Å². The predicted molar refractivity (Wildman–Crippen MR) is 85.1 cm³/mol. The summed E-state index contributed by atoms with van der Waals surface area (Å²) in [5.41, 5.74) is -6.97. The van der Waals surface area contributed by atoms with Gasteiger partial charge < -0.3 is 9.47 Å². The highest BCUT2D eigenvalue weighted by Crippen LogP contribution is 2.50. The van der Waals surface area contributed by atoms with Crippen LogP contribution in [0.25, 0.3) is 0 Å². The summed E-state index contributed by atoms with van der Waals surface area (Å²) in [4.78, 5) is 11.9. The fraction of sp³-hybridized carbons (Fsp3) is 0.562. The molecule has 1 unspecified atom stereocenters. The van der Waals surface area contributed by atoms with E-state index in [2.05, 4.69) is 0 Å². The Hall–Kier alpha value is -1.79. The molecule has 1 heterocycles. The molecule has 0 spiro atoms. The fourth-order valence-electron chi connectivity index (χ4n) is 3.59. The first-order chi connectivity index (χ1) is 13.0. The third-order valence-corrected chi connectivity index (χ3v) is 6.03. The number of rotatable bonds is 5. The van der Waals surface area contributed by atoms with Crippen molar-refractivity contribution in [3.05, 3.63) is 29.3 Å². The molecule has 12 heteroatoms. The predicted octanol–water partition coefficient (Wildman–Crippen LogP) is 2.39. The Bertz CT molecular complexity index is 888. The molecule has 0 radical (unpaired) electrons. The van der Waals surface area contributed by atoms with E-state index in [0.717, 1.165) is 12.1 Å². The number of hydrogen-bond acceptors (Lipinski definition) is 5. The molecule has 0 aromatic heterocycles. The number of ketones is 1. The van der Waals surface area contributed by atoms with Crippen molar-refractivity contribution in [1.82, 2.24) is 4.72 Å². The molecule has 1 aromatic rings. The normalized spacial score (nSPS) is 25.0. The Balaban J connectivity index is 1.80. The van der Waals surface area contributed by atoms with Crippen molar-refractivity contribution in [3.8, 4) is 5.75 Å². The minimum atomic E-state index is -5.54. The smallest absolute Gasteiger partial charge is 0.487 e. The van der Waals surface area contributed by atoms with E-state index in [9.17, 15) is 35.2 Å². The van der Waals surface area contributed by atoms with Gasteiger partial charge in [0.15, 0.2) is 11.6 Å². The van der Waals surface area contributed by atoms with Crippen LogP contribution in [0.2, 0.25) is 0 Å². The maximum Gasteiger partial charge on any atom is 0.511 e. The minimum Gasteiger partial charge on any atom is -0.487 e. The molecule has 0 bridgehead atoms. The molecule has 2 atom stereocenters. The lowest BCUT2D eigenvalue weighted by Gasteiger charge is -2.46. The van der Waals surface area contributed by atoms with E-state index >= 15 is 0 Å². The Morgan fingerprint density at radius 3 is 2.61 bits per heavy atom. The molecular formula is C16H16F5NO5S. The summed E-state index contributed by atoms with van der Waals surface area (Å²) in [5, 5.41) is 0. The molecular weight excluding hydrogens is 413 g/mol. The molecule has 0 saturated heterocycles. The van der Waals surface area contributed by atoms with E-state index in [1.54, 1.807) is 0 Å². The van der Waals surface area contributed by atoms with Gasteiger partial charge in [-0.25, -0.2) is 21.9 Å². The van der Waals surface area contributed by atoms with E-state index in [4.69, 9.17) is 9.47 Å². The molecule has 1 N–H and O–H groups in total. The molecule has 1 aromatic carbocycles. The van der Waals surface area contributed by atoms with Crippen molar-refractivity contribution < 1.29 is 44.6 Å². The van der Waals surface area contributed by atoms with Gasteiger partial charge >= 0.3 is 15.5 Å². The summed E-state index contributed by atoms with van der Waals surface area (Å²) in [6, 6.07) is 1.82. The Morgan fingerprint density at radius 2 is 1.93 bits per heavy atom. The zero-order chi connectivity index (χ0) is 20.7. The monoisotopic (exact) mass is 429 g/mol. The molecule has 1 saturated carbocycles. The number of hydrogen-bond donors (Lipinski definition) is 1. The molecule has 156 valence electrons. The highest BCUT2D eigenvalue weighted by Gasteiger charge is 2.51. The highest BCUT2D eigenvalue weighted by atomic mass is 32.2. The molecule has 0 amide bonds. The summed E-state index contributed by atoms with van der Waals surface area (Å²) in [6.45, 7) is -1.56. The zero-order valence-corrected chi connectivity index (χ0v) is 15.1. The van der Waals surface area contributed by atoms with Crippen LogP contribution in [0.1, 0.15) is 30.7 Å². The first-order valence-corrected chi connectivity index (χ1v) is 9.77.